The maximum Gasteiger partial charge on any atom is 0.307 e. The van der Waals surface area contributed by atoms with E-state index in [2.05, 4.69) is 26.1 Å². The number of benzene rings is 2. The second-order valence-electron chi connectivity index (χ2n) is 8.01. The van der Waals surface area contributed by atoms with Crippen LogP contribution in [0.15, 0.2) is 52.4 Å². The van der Waals surface area contributed by atoms with Gasteiger partial charge in [0, 0.05) is 11.8 Å². The van der Waals surface area contributed by atoms with E-state index >= 15 is 0 Å². The molecule has 1 heterocycles. The highest BCUT2D eigenvalue weighted by atomic mass is 79.9. The summed E-state index contributed by atoms with van der Waals surface area (Å²) in [5.41, 5.74) is 0.904. The summed E-state index contributed by atoms with van der Waals surface area (Å²) in [7, 11) is 0. The third-order valence-corrected chi connectivity index (χ3v) is 6.84. The van der Waals surface area contributed by atoms with Gasteiger partial charge in [0.2, 0.25) is 4.73 Å². The number of halogens is 1. The molecule has 3 rings (SSSR count). The molecule has 0 amide bonds. The number of Topliss-reactive ketones (excluding diaryl/α,β-unsaturated/α-hetero) is 1. The number of aromatic nitrogens is 3. The first-order valence-corrected chi connectivity index (χ1v) is 11.3. The van der Waals surface area contributed by atoms with Crippen LogP contribution in [0.2, 0.25) is 0 Å². The SMILES string of the molecule is CC(C)C(CC(=O)C(C)(C)Sc1nnc(Br)n1-c1cccc2ccccc12)C(=O)O. The number of hydrogen-bond acceptors (Lipinski definition) is 5. The van der Waals surface area contributed by atoms with E-state index in [0.717, 1.165) is 16.5 Å². The highest BCUT2D eigenvalue weighted by Crippen LogP contribution is 2.38. The van der Waals surface area contributed by atoms with E-state index in [0.29, 0.717) is 9.89 Å². The lowest BCUT2D eigenvalue weighted by molar-refractivity contribution is -0.145. The van der Waals surface area contributed by atoms with Crippen molar-refractivity contribution < 1.29 is 14.7 Å². The van der Waals surface area contributed by atoms with Gasteiger partial charge in [-0.2, -0.15) is 0 Å². The number of hydrogen-bond donors (Lipinski definition) is 1. The van der Waals surface area contributed by atoms with Crippen molar-refractivity contribution in [1.82, 2.24) is 14.8 Å². The summed E-state index contributed by atoms with van der Waals surface area (Å²) >= 11 is 4.76. The molecular formula is C22H24BrN3O3S. The van der Waals surface area contributed by atoms with E-state index in [1.807, 2.05) is 60.9 Å². The highest BCUT2D eigenvalue weighted by Gasteiger charge is 2.35. The number of aliphatic carboxylic acids is 1. The summed E-state index contributed by atoms with van der Waals surface area (Å²) in [4.78, 5) is 24.5. The largest absolute Gasteiger partial charge is 0.481 e. The maximum atomic E-state index is 13.0. The zero-order chi connectivity index (χ0) is 22.1. The minimum Gasteiger partial charge on any atom is -0.481 e. The second kappa shape index (κ2) is 8.89. The summed E-state index contributed by atoms with van der Waals surface area (Å²) in [6.07, 6.45) is -0.0173. The molecular weight excluding hydrogens is 466 g/mol. The van der Waals surface area contributed by atoms with Gasteiger partial charge in [0.15, 0.2) is 5.16 Å². The molecule has 1 N–H and O–H groups in total. The Morgan fingerprint density at radius 1 is 1.13 bits per heavy atom. The minimum absolute atomic E-state index is 0.0173. The number of ketones is 1. The lowest BCUT2D eigenvalue weighted by Crippen LogP contribution is -2.33. The Morgan fingerprint density at radius 2 is 1.80 bits per heavy atom. The van der Waals surface area contributed by atoms with Crippen LogP contribution in [0.4, 0.5) is 0 Å². The van der Waals surface area contributed by atoms with Crippen LogP contribution in [-0.2, 0) is 9.59 Å². The second-order valence-corrected chi connectivity index (χ2v) is 10.3. The Hall–Kier alpha value is -2.19. The number of rotatable bonds is 8. The van der Waals surface area contributed by atoms with E-state index in [-0.39, 0.29) is 18.1 Å². The summed E-state index contributed by atoms with van der Waals surface area (Å²) in [6.45, 7) is 7.24. The van der Waals surface area contributed by atoms with E-state index in [1.54, 1.807) is 13.8 Å². The molecule has 2 aromatic carbocycles. The van der Waals surface area contributed by atoms with Crippen molar-refractivity contribution >= 4 is 50.2 Å². The fourth-order valence-corrected chi connectivity index (χ4v) is 4.83. The fraction of sp³-hybridized carbons (Fsp3) is 0.364. The number of carboxylic acids is 1. The topological polar surface area (TPSA) is 85.1 Å². The minimum atomic E-state index is -0.944. The molecule has 0 aliphatic rings. The van der Waals surface area contributed by atoms with Gasteiger partial charge in [0.1, 0.15) is 5.78 Å². The molecule has 0 fully saturated rings. The molecule has 8 heteroatoms. The molecule has 1 atom stereocenters. The first-order valence-electron chi connectivity index (χ1n) is 9.66. The molecule has 0 spiro atoms. The van der Waals surface area contributed by atoms with Gasteiger partial charge < -0.3 is 5.11 Å². The molecule has 158 valence electrons. The molecule has 0 aliphatic heterocycles. The zero-order valence-corrected chi connectivity index (χ0v) is 19.7. The van der Waals surface area contributed by atoms with Crippen molar-refractivity contribution in [2.45, 2.75) is 44.0 Å². The van der Waals surface area contributed by atoms with Crippen molar-refractivity contribution in [3.8, 4) is 5.69 Å². The monoisotopic (exact) mass is 489 g/mol. The lowest BCUT2D eigenvalue weighted by Gasteiger charge is -2.25. The van der Waals surface area contributed by atoms with E-state index < -0.39 is 16.6 Å². The van der Waals surface area contributed by atoms with Gasteiger partial charge in [-0.1, -0.05) is 62.0 Å². The summed E-state index contributed by atoms with van der Waals surface area (Å²) < 4.78 is 1.55. The van der Waals surface area contributed by atoms with Crippen LogP contribution in [0.25, 0.3) is 16.5 Å². The zero-order valence-electron chi connectivity index (χ0n) is 17.3. The lowest BCUT2D eigenvalue weighted by atomic mass is 9.88. The predicted octanol–water partition coefficient (Wildman–Crippen LogP) is 5.37. The van der Waals surface area contributed by atoms with Crippen molar-refractivity contribution in [3.05, 3.63) is 47.2 Å². The molecule has 0 bridgehead atoms. The number of thioether (sulfide) groups is 1. The molecule has 0 aliphatic carbocycles. The first-order chi connectivity index (χ1) is 14.1. The van der Waals surface area contributed by atoms with Crippen molar-refractivity contribution in [1.29, 1.82) is 0 Å². The van der Waals surface area contributed by atoms with Gasteiger partial charge in [-0.3, -0.25) is 14.2 Å². The van der Waals surface area contributed by atoms with Crippen LogP contribution in [0.5, 0.6) is 0 Å². The maximum absolute atomic E-state index is 13.0. The van der Waals surface area contributed by atoms with Crippen molar-refractivity contribution in [2.75, 3.05) is 0 Å². The van der Waals surface area contributed by atoms with Gasteiger partial charge >= 0.3 is 5.97 Å². The Labute approximate surface area is 188 Å². The third-order valence-electron chi connectivity index (χ3n) is 5.15. The van der Waals surface area contributed by atoms with Gasteiger partial charge in [-0.25, -0.2) is 0 Å². The molecule has 1 unspecified atom stereocenters. The Morgan fingerprint density at radius 3 is 2.47 bits per heavy atom. The molecule has 30 heavy (non-hydrogen) atoms. The van der Waals surface area contributed by atoms with Crippen LogP contribution in [0.3, 0.4) is 0 Å². The average molecular weight is 490 g/mol. The van der Waals surface area contributed by atoms with Crippen LogP contribution < -0.4 is 0 Å². The summed E-state index contributed by atoms with van der Waals surface area (Å²) in [5, 5.41) is 20.6. The van der Waals surface area contributed by atoms with Crippen LogP contribution in [-0.4, -0.2) is 36.4 Å². The predicted molar refractivity (Wildman–Crippen MR) is 122 cm³/mol. The van der Waals surface area contributed by atoms with Gasteiger partial charge in [-0.15, -0.1) is 10.2 Å². The number of nitrogens with zero attached hydrogens (tertiary/aromatic N) is 3. The quantitative estimate of drug-likeness (QED) is 0.428. The molecule has 6 nitrogen and oxygen atoms in total. The summed E-state index contributed by atoms with van der Waals surface area (Å²) in [6, 6.07) is 14.0. The van der Waals surface area contributed by atoms with Gasteiger partial charge in [0.05, 0.1) is 16.4 Å². The molecule has 0 radical (unpaired) electrons. The van der Waals surface area contributed by atoms with Crippen LogP contribution in [0, 0.1) is 11.8 Å². The number of carboxylic acid groups (broad SMARTS) is 1. The van der Waals surface area contributed by atoms with Crippen LogP contribution in [0.1, 0.15) is 34.1 Å². The third kappa shape index (κ3) is 4.59. The Balaban J connectivity index is 1.95. The number of fused-ring (bicyclic) bond motifs is 1. The van der Waals surface area contributed by atoms with E-state index in [1.165, 1.54) is 11.8 Å². The number of carbonyl (C=O) groups excluding carboxylic acids is 1. The Bertz CT molecular complexity index is 1090. The highest BCUT2D eigenvalue weighted by molar-refractivity contribution is 9.10. The Kier molecular flexibility index (Phi) is 6.67. The molecule has 3 aromatic rings. The molecule has 0 saturated carbocycles. The average Bonchev–Trinajstić information content (AvgIpc) is 3.04. The van der Waals surface area contributed by atoms with Gasteiger partial charge in [0.25, 0.3) is 0 Å². The standard InChI is InChI=1S/C22H24BrN3O3S/c1-13(2)16(19(28)29)12-18(27)22(3,4)30-21-25-24-20(23)26(21)17-11-7-9-14-8-5-6-10-15(14)17/h5-11,13,16H,12H2,1-4H3,(H,28,29). The van der Waals surface area contributed by atoms with E-state index in [4.69, 9.17) is 0 Å². The van der Waals surface area contributed by atoms with Crippen molar-refractivity contribution in [2.24, 2.45) is 11.8 Å². The van der Waals surface area contributed by atoms with Crippen molar-refractivity contribution in [3.63, 3.8) is 0 Å². The molecule has 0 saturated heterocycles. The number of carbonyl (C=O) groups is 2. The molecule has 1 aromatic heterocycles. The summed E-state index contributed by atoms with van der Waals surface area (Å²) in [5.74, 6) is -1.90. The van der Waals surface area contributed by atoms with E-state index in [9.17, 15) is 14.7 Å². The van der Waals surface area contributed by atoms with Crippen LogP contribution >= 0.6 is 27.7 Å². The fourth-order valence-electron chi connectivity index (χ4n) is 3.26. The van der Waals surface area contributed by atoms with Gasteiger partial charge in [-0.05, 0) is 47.1 Å². The normalized spacial score (nSPS) is 13.0. The first kappa shape index (κ1) is 22.5. The smallest absolute Gasteiger partial charge is 0.307 e.